The van der Waals surface area contributed by atoms with E-state index in [1.165, 1.54) is 6.26 Å². The van der Waals surface area contributed by atoms with Gasteiger partial charge in [0.2, 0.25) is 15.9 Å². The molecule has 1 fully saturated rings. The summed E-state index contributed by atoms with van der Waals surface area (Å²) in [6, 6.07) is 2.77. The molecule has 21 heavy (non-hydrogen) atoms. The first kappa shape index (κ1) is 15.7. The van der Waals surface area contributed by atoms with Crippen molar-refractivity contribution in [2.75, 3.05) is 6.54 Å². The molecule has 0 unspecified atom stereocenters. The van der Waals surface area contributed by atoms with Crippen LogP contribution in [0.5, 0.6) is 0 Å². The van der Waals surface area contributed by atoms with Gasteiger partial charge in [0.25, 0.3) is 0 Å². The van der Waals surface area contributed by atoms with Crippen molar-refractivity contribution in [1.29, 1.82) is 0 Å². The van der Waals surface area contributed by atoms with Crippen molar-refractivity contribution in [1.82, 2.24) is 10.0 Å². The fourth-order valence-electron chi connectivity index (χ4n) is 1.86. The van der Waals surface area contributed by atoms with Crippen LogP contribution in [0.4, 0.5) is 0 Å². The Labute approximate surface area is 123 Å². The van der Waals surface area contributed by atoms with Crippen LogP contribution in [0.1, 0.15) is 36.7 Å². The number of carbonyl (C=O) groups excluding carboxylic acids is 2. The Morgan fingerprint density at radius 1 is 1.43 bits per heavy atom. The highest BCUT2D eigenvalue weighted by molar-refractivity contribution is 7.90. The predicted octanol–water partition coefficient (Wildman–Crippen LogP) is 0.439. The Balaban J connectivity index is 1.73. The molecule has 1 atom stereocenters. The number of hydrogen-bond acceptors (Lipinski definition) is 5. The Bertz CT molecular complexity index is 605. The van der Waals surface area contributed by atoms with Crippen LogP contribution >= 0.6 is 0 Å². The summed E-state index contributed by atoms with van der Waals surface area (Å²) in [6.45, 7) is 1.37. The van der Waals surface area contributed by atoms with E-state index in [9.17, 15) is 18.0 Å². The second kappa shape index (κ2) is 6.40. The maximum atomic E-state index is 11.8. The summed E-state index contributed by atoms with van der Waals surface area (Å²) in [5.41, 5.74) is 0. The minimum Gasteiger partial charge on any atom is -0.461 e. The van der Waals surface area contributed by atoms with Crippen molar-refractivity contribution in [2.45, 2.75) is 37.5 Å². The molecule has 1 heterocycles. The van der Waals surface area contributed by atoms with Crippen molar-refractivity contribution in [3.8, 4) is 0 Å². The van der Waals surface area contributed by atoms with E-state index in [1.807, 2.05) is 0 Å². The molecule has 116 valence electrons. The lowest BCUT2D eigenvalue weighted by molar-refractivity contribution is -0.120. The molecule has 1 aliphatic rings. The lowest BCUT2D eigenvalue weighted by atomic mass is 10.1. The molecular formula is C13H18N2O5S. The van der Waals surface area contributed by atoms with Crippen molar-refractivity contribution in [3.05, 3.63) is 24.2 Å². The monoisotopic (exact) mass is 314 g/mol. The largest absolute Gasteiger partial charge is 0.461 e. The predicted molar refractivity (Wildman–Crippen MR) is 75.2 cm³/mol. The molecule has 1 aliphatic carbocycles. The molecule has 0 radical (unpaired) electrons. The highest BCUT2D eigenvalue weighted by Gasteiger charge is 2.35. The van der Waals surface area contributed by atoms with Gasteiger partial charge in [-0.3, -0.25) is 9.59 Å². The van der Waals surface area contributed by atoms with Gasteiger partial charge in [0, 0.05) is 12.5 Å². The van der Waals surface area contributed by atoms with Gasteiger partial charge in [0.15, 0.2) is 11.5 Å². The van der Waals surface area contributed by atoms with Gasteiger partial charge in [-0.1, -0.05) is 0 Å². The number of hydrogen-bond donors (Lipinski definition) is 2. The number of amides is 1. The lowest BCUT2D eigenvalue weighted by Crippen LogP contribution is -2.42. The van der Waals surface area contributed by atoms with Crippen molar-refractivity contribution >= 4 is 21.7 Å². The summed E-state index contributed by atoms with van der Waals surface area (Å²) in [4.78, 5) is 23.4. The first-order valence-corrected chi connectivity index (χ1v) is 8.27. The molecule has 0 saturated heterocycles. The smallest absolute Gasteiger partial charge is 0.235 e. The van der Waals surface area contributed by atoms with Gasteiger partial charge in [-0.15, -0.1) is 0 Å². The molecule has 1 aromatic rings. The average Bonchev–Trinajstić information content (AvgIpc) is 3.13. The zero-order chi connectivity index (χ0) is 15.5. The molecule has 1 aromatic heterocycles. The van der Waals surface area contributed by atoms with Crippen LogP contribution in [0, 0.1) is 0 Å². The molecule has 0 bridgehead atoms. The van der Waals surface area contributed by atoms with E-state index < -0.39 is 22.0 Å². The van der Waals surface area contributed by atoms with Crippen molar-refractivity contribution in [2.24, 2.45) is 0 Å². The topological polar surface area (TPSA) is 105 Å². The molecule has 0 aromatic carbocycles. The molecule has 0 aliphatic heterocycles. The SMILES string of the molecule is C[C@@H](CC(=O)c1ccco1)NC(=O)CNS(=O)(=O)C1CC1. The third-order valence-corrected chi connectivity index (χ3v) is 4.99. The number of ketones is 1. The van der Waals surface area contributed by atoms with Gasteiger partial charge in [-0.25, -0.2) is 13.1 Å². The van der Waals surface area contributed by atoms with E-state index in [4.69, 9.17) is 4.42 Å². The fourth-order valence-corrected chi connectivity index (χ4v) is 3.18. The van der Waals surface area contributed by atoms with Gasteiger partial charge >= 0.3 is 0 Å². The van der Waals surface area contributed by atoms with Crippen LogP contribution in [-0.2, 0) is 14.8 Å². The van der Waals surface area contributed by atoms with Crippen molar-refractivity contribution < 1.29 is 22.4 Å². The molecule has 1 saturated carbocycles. The molecule has 2 N–H and O–H groups in total. The van der Waals surface area contributed by atoms with E-state index in [1.54, 1.807) is 19.1 Å². The summed E-state index contributed by atoms with van der Waals surface area (Å²) in [6.07, 6.45) is 2.79. The molecule has 0 spiro atoms. The molecule has 1 amide bonds. The summed E-state index contributed by atoms with van der Waals surface area (Å²) < 4.78 is 30.4. The number of Topliss-reactive ketones (excluding diaryl/α,β-unsaturated/α-hetero) is 1. The zero-order valence-electron chi connectivity index (χ0n) is 11.7. The maximum absolute atomic E-state index is 11.8. The number of sulfonamides is 1. The van der Waals surface area contributed by atoms with E-state index in [0.717, 1.165) is 0 Å². The number of carbonyl (C=O) groups is 2. The normalized spacial score (nSPS) is 16.4. The second-order valence-electron chi connectivity index (χ2n) is 5.14. The summed E-state index contributed by atoms with van der Waals surface area (Å²) in [5.74, 6) is -0.434. The summed E-state index contributed by atoms with van der Waals surface area (Å²) in [5, 5.41) is 2.22. The minimum atomic E-state index is -3.37. The number of rotatable bonds is 8. The standard InChI is InChI=1S/C13H18N2O5S/c1-9(7-11(16)12-3-2-6-20-12)15-13(17)8-14-21(18,19)10-4-5-10/h2-3,6,9-10,14H,4-5,7-8H2,1H3,(H,15,17)/t9-/m0/s1. The molecule has 2 rings (SSSR count). The zero-order valence-corrected chi connectivity index (χ0v) is 12.5. The highest BCUT2D eigenvalue weighted by Crippen LogP contribution is 2.27. The minimum absolute atomic E-state index is 0.0919. The summed E-state index contributed by atoms with van der Waals surface area (Å²) in [7, 11) is -3.37. The maximum Gasteiger partial charge on any atom is 0.235 e. The van der Waals surface area contributed by atoms with E-state index in [-0.39, 0.29) is 29.8 Å². The first-order chi connectivity index (χ1) is 9.88. The quantitative estimate of drug-likeness (QED) is 0.677. The van der Waals surface area contributed by atoms with Crippen LogP contribution in [0.25, 0.3) is 0 Å². The first-order valence-electron chi connectivity index (χ1n) is 6.73. The van der Waals surface area contributed by atoms with Gasteiger partial charge in [-0.05, 0) is 31.9 Å². The Kier molecular flexibility index (Phi) is 4.79. The molecule has 8 heteroatoms. The van der Waals surface area contributed by atoms with Gasteiger partial charge in [0.05, 0.1) is 18.1 Å². The number of furan rings is 1. The number of nitrogens with one attached hydrogen (secondary N) is 2. The van der Waals surface area contributed by atoms with Gasteiger partial charge in [0.1, 0.15) is 0 Å². The van der Waals surface area contributed by atoms with Gasteiger partial charge < -0.3 is 9.73 Å². The Morgan fingerprint density at radius 3 is 2.71 bits per heavy atom. The van der Waals surface area contributed by atoms with E-state index >= 15 is 0 Å². The third-order valence-electron chi connectivity index (χ3n) is 3.09. The Hall–Kier alpha value is -1.67. The highest BCUT2D eigenvalue weighted by atomic mass is 32.2. The van der Waals surface area contributed by atoms with Gasteiger partial charge in [-0.2, -0.15) is 0 Å². The van der Waals surface area contributed by atoms with Crippen LogP contribution in [0.15, 0.2) is 22.8 Å². The van der Waals surface area contributed by atoms with Crippen LogP contribution in [-0.4, -0.2) is 37.9 Å². The molecule has 7 nitrogen and oxygen atoms in total. The molecular weight excluding hydrogens is 296 g/mol. The second-order valence-corrected chi connectivity index (χ2v) is 7.18. The van der Waals surface area contributed by atoms with Crippen molar-refractivity contribution in [3.63, 3.8) is 0 Å². The summed E-state index contributed by atoms with van der Waals surface area (Å²) >= 11 is 0. The van der Waals surface area contributed by atoms with Crippen LogP contribution < -0.4 is 10.0 Å². The van der Waals surface area contributed by atoms with E-state index in [0.29, 0.717) is 12.8 Å². The lowest BCUT2D eigenvalue weighted by Gasteiger charge is -2.13. The van der Waals surface area contributed by atoms with Crippen LogP contribution in [0.2, 0.25) is 0 Å². The third kappa shape index (κ3) is 4.68. The fraction of sp³-hybridized carbons (Fsp3) is 0.538. The van der Waals surface area contributed by atoms with E-state index in [2.05, 4.69) is 10.0 Å². The average molecular weight is 314 g/mol. The Morgan fingerprint density at radius 2 is 2.14 bits per heavy atom. The van der Waals surface area contributed by atoms with Crippen LogP contribution in [0.3, 0.4) is 0 Å².